The molecule has 94 valence electrons. The summed E-state index contributed by atoms with van der Waals surface area (Å²) in [5, 5.41) is 0. The Morgan fingerprint density at radius 3 is 1.78 bits per heavy atom. The second-order valence-electron chi connectivity index (χ2n) is 4.74. The molecule has 2 rings (SSSR count). The monoisotopic (exact) mass is 238 g/mol. The van der Waals surface area contributed by atoms with Crippen molar-refractivity contribution in [2.24, 2.45) is 0 Å². The van der Waals surface area contributed by atoms with Gasteiger partial charge in [0.15, 0.2) is 0 Å². The van der Waals surface area contributed by atoms with Crippen LogP contribution in [0.1, 0.15) is 37.5 Å². The highest BCUT2D eigenvalue weighted by Gasteiger charge is 2.03. The van der Waals surface area contributed by atoms with Gasteiger partial charge in [0.25, 0.3) is 0 Å². The van der Waals surface area contributed by atoms with Crippen molar-refractivity contribution in [2.75, 3.05) is 0 Å². The van der Waals surface area contributed by atoms with Gasteiger partial charge in [-0.15, -0.1) is 0 Å². The second-order valence-corrected chi connectivity index (χ2v) is 4.74. The molecule has 0 bridgehead atoms. The fourth-order valence-electron chi connectivity index (χ4n) is 2.41. The molecule has 0 aliphatic heterocycles. The van der Waals surface area contributed by atoms with Gasteiger partial charge in [-0.2, -0.15) is 0 Å². The minimum atomic E-state index is 1.11. The van der Waals surface area contributed by atoms with Gasteiger partial charge in [-0.05, 0) is 47.1 Å². The molecular formula is C18H22. The minimum absolute atomic E-state index is 1.11. The summed E-state index contributed by atoms with van der Waals surface area (Å²) in [6.07, 6.45) is 3.34. The van der Waals surface area contributed by atoms with Crippen LogP contribution in [0.15, 0.2) is 42.5 Å². The van der Waals surface area contributed by atoms with Crippen molar-refractivity contribution in [1.82, 2.24) is 0 Å². The average molecular weight is 238 g/mol. The average Bonchev–Trinajstić information content (AvgIpc) is 2.46. The maximum atomic E-state index is 2.35. The van der Waals surface area contributed by atoms with E-state index in [1.54, 1.807) is 0 Å². The molecule has 0 fully saturated rings. The van der Waals surface area contributed by atoms with Crippen LogP contribution in [0.2, 0.25) is 0 Å². The van der Waals surface area contributed by atoms with Crippen LogP contribution in [-0.2, 0) is 19.3 Å². The summed E-state index contributed by atoms with van der Waals surface area (Å²) in [6.45, 7) is 6.66. The quantitative estimate of drug-likeness (QED) is 0.700. The van der Waals surface area contributed by atoms with Gasteiger partial charge in [0, 0.05) is 0 Å². The molecule has 0 heteroatoms. The minimum Gasteiger partial charge on any atom is -0.0613 e. The molecule has 0 saturated carbocycles. The van der Waals surface area contributed by atoms with Gasteiger partial charge in [0.1, 0.15) is 0 Å². The van der Waals surface area contributed by atoms with Crippen LogP contribution >= 0.6 is 0 Å². The van der Waals surface area contributed by atoms with E-state index >= 15 is 0 Å². The molecule has 0 atom stereocenters. The molecule has 0 amide bonds. The fourth-order valence-corrected chi connectivity index (χ4v) is 2.41. The molecule has 0 unspecified atom stereocenters. The topological polar surface area (TPSA) is 0 Å². The van der Waals surface area contributed by atoms with E-state index in [4.69, 9.17) is 0 Å². The Hall–Kier alpha value is -1.56. The van der Waals surface area contributed by atoms with Gasteiger partial charge in [-0.3, -0.25) is 0 Å². The van der Waals surface area contributed by atoms with Gasteiger partial charge in [-0.25, -0.2) is 0 Å². The molecule has 0 aromatic heterocycles. The maximum Gasteiger partial charge on any atom is -0.0181 e. The third kappa shape index (κ3) is 2.64. The van der Waals surface area contributed by atoms with Gasteiger partial charge < -0.3 is 0 Å². The van der Waals surface area contributed by atoms with Crippen LogP contribution < -0.4 is 0 Å². The molecule has 0 saturated heterocycles. The zero-order valence-corrected chi connectivity index (χ0v) is 11.7. The van der Waals surface area contributed by atoms with Gasteiger partial charge in [-0.1, -0.05) is 63.2 Å². The van der Waals surface area contributed by atoms with Crippen molar-refractivity contribution in [1.29, 1.82) is 0 Å². The van der Waals surface area contributed by atoms with Gasteiger partial charge in [0.05, 0.1) is 0 Å². The zero-order valence-electron chi connectivity index (χ0n) is 11.7. The van der Waals surface area contributed by atoms with E-state index in [1.807, 2.05) is 0 Å². The lowest BCUT2D eigenvalue weighted by Crippen LogP contribution is -1.91. The van der Waals surface area contributed by atoms with E-state index in [1.165, 1.54) is 27.8 Å². The number of rotatable bonds is 4. The molecule has 0 radical (unpaired) electrons. The highest BCUT2D eigenvalue weighted by molar-refractivity contribution is 5.65. The Morgan fingerprint density at radius 2 is 1.22 bits per heavy atom. The second kappa shape index (κ2) is 5.86. The van der Waals surface area contributed by atoms with Crippen molar-refractivity contribution in [3.8, 4) is 11.1 Å². The highest BCUT2D eigenvalue weighted by atomic mass is 14.1. The molecule has 2 aromatic rings. The van der Waals surface area contributed by atoms with Crippen molar-refractivity contribution in [3.05, 3.63) is 59.2 Å². The smallest absolute Gasteiger partial charge is 0.0181 e. The SMILES string of the molecule is CCc1ccc(-c2ccc(CC)c(CC)c2)cc1. The van der Waals surface area contributed by atoms with Crippen LogP contribution in [0.4, 0.5) is 0 Å². The van der Waals surface area contributed by atoms with Crippen LogP contribution in [0, 0.1) is 0 Å². The van der Waals surface area contributed by atoms with Crippen molar-refractivity contribution >= 4 is 0 Å². The molecule has 0 nitrogen and oxygen atoms in total. The lowest BCUT2D eigenvalue weighted by atomic mass is 9.96. The maximum absolute atomic E-state index is 2.35. The van der Waals surface area contributed by atoms with E-state index in [-0.39, 0.29) is 0 Å². The summed E-state index contributed by atoms with van der Waals surface area (Å²) >= 11 is 0. The Balaban J connectivity index is 2.37. The lowest BCUT2D eigenvalue weighted by Gasteiger charge is -2.09. The molecule has 0 aliphatic rings. The summed E-state index contributed by atoms with van der Waals surface area (Å²) in [6, 6.07) is 15.8. The number of hydrogen-bond donors (Lipinski definition) is 0. The number of aryl methyl sites for hydroxylation is 3. The highest BCUT2D eigenvalue weighted by Crippen LogP contribution is 2.24. The van der Waals surface area contributed by atoms with E-state index in [2.05, 4.69) is 63.2 Å². The Kier molecular flexibility index (Phi) is 4.19. The van der Waals surface area contributed by atoms with Crippen molar-refractivity contribution < 1.29 is 0 Å². The number of benzene rings is 2. The predicted octanol–water partition coefficient (Wildman–Crippen LogP) is 5.04. The van der Waals surface area contributed by atoms with E-state index < -0.39 is 0 Å². The third-order valence-electron chi connectivity index (χ3n) is 3.66. The zero-order chi connectivity index (χ0) is 13.0. The molecule has 0 N–H and O–H groups in total. The first-order valence-electron chi connectivity index (χ1n) is 6.99. The summed E-state index contributed by atoms with van der Waals surface area (Å²) < 4.78 is 0. The van der Waals surface area contributed by atoms with Crippen LogP contribution in [0.3, 0.4) is 0 Å². The van der Waals surface area contributed by atoms with Crippen LogP contribution in [0.5, 0.6) is 0 Å². The van der Waals surface area contributed by atoms with Gasteiger partial charge in [0.2, 0.25) is 0 Å². The molecule has 0 spiro atoms. The standard InChI is InChI=1S/C18H22/c1-4-14-7-9-17(10-8-14)18-12-11-15(5-2)16(6-3)13-18/h7-13H,4-6H2,1-3H3. The number of hydrogen-bond acceptors (Lipinski definition) is 0. The Morgan fingerprint density at radius 1 is 0.611 bits per heavy atom. The van der Waals surface area contributed by atoms with E-state index in [9.17, 15) is 0 Å². The molecule has 0 heterocycles. The van der Waals surface area contributed by atoms with Crippen molar-refractivity contribution in [2.45, 2.75) is 40.0 Å². The predicted molar refractivity (Wildman–Crippen MR) is 80.0 cm³/mol. The summed E-state index contributed by atoms with van der Waals surface area (Å²) in [4.78, 5) is 0. The van der Waals surface area contributed by atoms with Crippen LogP contribution in [0.25, 0.3) is 11.1 Å². The van der Waals surface area contributed by atoms with Crippen molar-refractivity contribution in [3.63, 3.8) is 0 Å². The Labute approximate surface area is 111 Å². The first-order valence-corrected chi connectivity index (χ1v) is 6.99. The molecule has 2 aromatic carbocycles. The molecule has 18 heavy (non-hydrogen) atoms. The third-order valence-corrected chi connectivity index (χ3v) is 3.66. The van der Waals surface area contributed by atoms with Gasteiger partial charge >= 0.3 is 0 Å². The fraction of sp³-hybridized carbons (Fsp3) is 0.333. The summed E-state index contributed by atoms with van der Waals surface area (Å²) in [5.41, 5.74) is 7.02. The van der Waals surface area contributed by atoms with E-state index in [0.29, 0.717) is 0 Å². The molecule has 0 aliphatic carbocycles. The summed E-state index contributed by atoms with van der Waals surface area (Å²) in [7, 11) is 0. The Bertz CT molecular complexity index is 506. The molecular weight excluding hydrogens is 216 g/mol. The first-order chi connectivity index (χ1) is 8.78. The first kappa shape index (κ1) is 12.9. The van der Waals surface area contributed by atoms with Crippen LogP contribution in [-0.4, -0.2) is 0 Å². The lowest BCUT2D eigenvalue weighted by molar-refractivity contribution is 1.04. The normalized spacial score (nSPS) is 10.6. The summed E-state index contributed by atoms with van der Waals surface area (Å²) in [5.74, 6) is 0. The van der Waals surface area contributed by atoms with E-state index in [0.717, 1.165) is 19.3 Å². The largest absolute Gasteiger partial charge is 0.0613 e.